The lowest BCUT2D eigenvalue weighted by Gasteiger charge is -2.32. The van der Waals surface area contributed by atoms with Gasteiger partial charge in [0.05, 0.1) is 17.1 Å². The minimum atomic E-state index is 0.201. The number of carbonyl (C=O) groups is 1. The molecule has 0 aliphatic carbocycles. The molecule has 1 fully saturated rings. The van der Waals surface area contributed by atoms with Crippen LogP contribution in [0.25, 0.3) is 0 Å². The zero-order valence-corrected chi connectivity index (χ0v) is 14.7. The van der Waals surface area contributed by atoms with Gasteiger partial charge in [-0.3, -0.25) is 4.79 Å². The Hall–Kier alpha value is -1.82. The molecule has 0 N–H and O–H groups in total. The van der Waals surface area contributed by atoms with Crippen molar-refractivity contribution in [3.8, 4) is 0 Å². The van der Waals surface area contributed by atoms with Crippen LogP contribution in [0.15, 0.2) is 12.3 Å². The second-order valence-corrected chi connectivity index (χ2v) is 7.41. The number of carbonyl (C=O) groups excluding carboxylic acids is 1. The molecule has 1 aliphatic heterocycles. The molecule has 2 aromatic heterocycles. The van der Waals surface area contributed by atoms with E-state index in [9.17, 15) is 4.79 Å². The largest absolute Gasteiger partial charge is 0.342 e. The van der Waals surface area contributed by atoms with E-state index in [-0.39, 0.29) is 5.91 Å². The van der Waals surface area contributed by atoms with Gasteiger partial charge in [0.15, 0.2) is 0 Å². The van der Waals surface area contributed by atoms with E-state index in [1.54, 1.807) is 11.3 Å². The summed E-state index contributed by atoms with van der Waals surface area (Å²) in [6.45, 7) is 7.47. The number of nitrogens with zero attached hydrogens (tertiary/aromatic N) is 4. The van der Waals surface area contributed by atoms with Crippen LogP contribution in [0.4, 0.5) is 0 Å². The van der Waals surface area contributed by atoms with Gasteiger partial charge in [0, 0.05) is 35.8 Å². The summed E-state index contributed by atoms with van der Waals surface area (Å²) >= 11 is 1.63. The number of rotatable bonds is 3. The lowest BCUT2D eigenvalue weighted by Crippen LogP contribution is -2.40. The molecular formula is C17H22N4OS. The molecule has 1 saturated heterocycles. The van der Waals surface area contributed by atoms with Gasteiger partial charge in [0.2, 0.25) is 5.91 Å². The number of thiazole rings is 1. The summed E-state index contributed by atoms with van der Waals surface area (Å²) in [7, 11) is 0. The molecule has 1 unspecified atom stereocenters. The first kappa shape index (κ1) is 16.1. The van der Waals surface area contributed by atoms with E-state index < -0.39 is 0 Å². The van der Waals surface area contributed by atoms with Crippen LogP contribution in [0, 0.1) is 20.8 Å². The molecular weight excluding hydrogens is 308 g/mol. The van der Waals surface area contributed by atoms with E-state index in [2.05, 4.69) is 15.0 Å². The number of hydrogen-bond donors (Lipinski definition) is 0. The lowest BCUT2D eigenvalue weighted by molar-refractivity contribution is -0.131. The number of piperidine rings is 1. The highest BCUT2D eigenvalue weighted by molar-refractivity contribution is 7.11. The van der Waals surface area contributed by atoms with Gasteiger partial charge in [-0.15, -0.1) is 11.3 Å². The monoisotopic (exact) mass is 330 g/mol. The number of hydrogen-bond acceptors (Lipinski definition) is 5. The molecule has 1 aliphatic rings. The third kappa shape index (κ3) is 3.75. The van der Waals surface area contributed by atoms with Crippen LogP contribution in [-0.2, 0) is 11.2 Å². The van der Waals surface area contributed by atoms with E-state index in [0.717, 1.165) is 53.0 Å². The van der Waals surface area contributed by atoms with Gasteiger partial charge >= 0.3 is 0 Å². The zero-order valence-electron chi connectivity index (χ0n) is 13.9. The van der Waals surface area contributed by atoms with E-state index in [4.69, 9.17) is 0 Å². The van der Waals surface area contributed by atoms with Gasteiger partial charge in [-0.2, -0.15) is 0 Å². The second kappa shape index (κ2) is 6.74. The third-order valence-corrected chi connectivity index (χ3v) is 5.37. The van der Waals surface area contributed by atoms with Crippen molar-refractivity contribution in [2.75, 3.05) is 13.1 Å². The van der Waals surface area contributed by atoms with Crippen LogP contribution < -0.4 is 0 Å². The minimum Gasteiger partial charge on any atom is -0.342 e. The molecule has 1 atom stereocenters. The second-order valence-electron chi connectivity index (χ2n) is 6.13. The van der Waals surface area contributed by atoms with Crippen molar-refractivity contribution in [2.24, 2.45) is 0 Å². The van der Waals surface area contributed by atoms with Gasteiger partial charge in [0.25, 0.3) is 0 Å². The Morgan fingerprint density at radius 3 is 2.87 bits per heavy atom. The van der Waals surface area contributed by atoms with Gasteiger partial charge in [-0.1, -0.05) is 0 Å². The molecule has 0 radical (unpaired) electrons. The predicted octanol–water partition coefficient (Wildman–Crippen LogP) is 2.81. The maximum absolute atomic E-state index is 12.6. The first-order valence-electron chi connectivity index (χ1n) is 8.03. The predicted molar refractivity (Wildman–Crippen MR) is 90.6 cm³/mol. The third-order valence-electron chi connectivity index (χ3n) is 4.30. The Labute approximate surface area is 140 Å². The maximum Gasteiger partial charge on any atom is 0.227 e. The zero-order chi connectivity index (χ0) is 16.4. The molecule has 2 aromatic rings. The molecule has 0 aromatic carbocycles. The molecule has 6 heteroatoms. The van der Waals surface area contributed by atoms with Crippen molar-refractivity contribution >= 4 is 17.2 Å². The van der Waals surface area contributed by atoms with Crippen molar-refractivity contribution < 1.29 is 4.79 Å². The molecule has 23 heavy (non-hydrogen) atoms. The van der Waals surface area contributed by atoms with Crippen LogP contribution in [0.1, 0.15) is 45.9 Å². The molecule has 0 spiro atoms. The molecule has 122 valence electrons. The Balaban J connectivity index is 1.68. The fourth-order valence-electron chi connectivity index (χ4n) is 3.13. The smallest absolute Gasteiger partial charge is 0.227 e. The topological polar surface area (TPSA) is 59.0 Å². The van der Waals surface area contributed by atoms with Crippen LogP contribution in [0.3, 0.4) is 0 Å². The van der Waals surface area contributed by atoms with Gasteiger partial charge in [-0.25, -0.2) is 15.0 Å². The molecule has 3 heterocycles. The SMILES string of the molecule is Cc1nccc(C2CCCN(C(=O)Cc3sc(C)nc3C)C2)n1. The number of aromatic nitrogens is 3. The Morgan fingerprint density at radius 2 is 2.17 bits per heavy atom. The fraction of sp³-hybridized carbons (Fsp3) is 0.529. The van der Waals surface area contributed by atoms with Crippen molar-refractivity contribution in [3.05, 3.63) is 39.4 Å². The van der Waals surface area contributed by atoms with Crippen molar-refractivity contribution in [1.29, 1.82) is 0 Å². The summed E-state index contributed by atoms with van der Waals surface area (Å²) in [4.78, 5) is 28.8. The van der Waals surface area contributed by atoms with Gasteiger partial charge in [-0.05, 0) is 39.7 Å². The highest BCUT2D eigenvalue weighted by Crippen LogP contribution is 2.26. The maximum atomic E-state index is 12.6. The quantitative estimate of drug-likeness (QED) is 0.868. The van der Waals surface area contributed by atoms with Crippen LogP contribution >= 0.6 is 11.3 Å². The van der Waals surface area contributed by atoms with Crippen molar-refractivity contribution in [1.82, 2.24) is 19.9 Å². The summed E-state index contributed by atoms with van der Waals surface area (Å²) in [6.07, 6.45) is 4.38. The first-order chi connectivity index (χ1) is 11.0. The Morgan fingerprint density at radius 1 is 1.35 bits per heavy atom. The van der Waals surface area contributed by atoms with Gasteiger partial charge in [0.1, 0.15) is 5.82 Å². The molecule has 0 bridgehead atoms. The standard InChI is InChI=1S/C17H22N4OS/c1-11-16(23-13(3)19-11)9-17(22)21-8-4-5-14(10-21)15-6-7-18-12(2)20-15/h6-7,14H,4-5,8-10H2,1-3H3. The Bertz CT molecular complexity index is 712. The highest BCUT2D eigenvalue weighted by atomic mass is 32.1. The minimum absolute atomic E-state index is 0.201. The first-order valence-corrected chi connectivity index (χ1v) is 8.85. The number of amides is 1. The van der Waals surface area contributed by atoms with Crippen LogP contribution in [0.2, 0.25) is 0 Å². The summed E-state index contributed by atoms with van der Waals surface area (Å²) in [5.74, 6) is 1.31. The molecule has 5 nitrogen and oxygen atoms in total. The van der Waals surface area contributed by atoms with Gasteiger partial charge < -0.3 is 4.90 Å². The van der Waals surface area contributed by atoms with E-state index in [1.165, 1.54) is 0 Å². The summed E-state index contributed by atoms with van der Waals surface area (Å²) in [6, 6.07) is 1.97. The van der Waals surface area contributed by atoms with E-state index >= 15 is 0 Å². The number of likely N-dealkylation sites (tertiary alicyclic amines) is 1. The summed E-state index contributed by atoms with van der Waals surface area (Å²) in [5.41, 5.74) is 2.04. The number of aryl methyl sites for hydroxylation is 3. The molecule has 3 rings (SSSR count). The molecule has 0 saturated carbocycles. The Kier molecular flexibility index (Phi) is 4.71. The van der Waals surface area contributed by atoms with E-state index in [0.29, 0.717) is 12.3 Å². The van der Waals surface area contributed by atoms with Crippen LogP contribution in [-0.4, -0.2) is 38.8 Å². The summed E-state index contributed by atoms with van der Waals surface area (Å²) in [5, 5.41) is 1.03. The average Bonchev–Trinajstić information content (AvgIpc) is 2.85. The molecule has 1 amide bonds. The van der Waals surface area contributed by atoms with Crippen molar-refractivity contribution in [3.63, 3.8) is 0 Å². The van der Waals surface area contributed by atoms with E-state index in [1.807, 2.05) is 37.9 Å². The van der Waals surface area contributed by atoms with Crippen molar-refractivity contribution in [2.45, 2.75) is 46.0 Å². The normalized spacial score (nSPS) is 18.2. The fourth-order valence-corrected chi connectivity index (χ4v) is 4.06. The average molecular weight is 330 g/mol. The highest BCUT2D eigenvalue weighted by Gasteiger charge is 2.26. The lowest BCUT2D eigenvalue weighted by atomic mass is 9.94. The summed E-state index contributed by atoms with van der Waals surface area (Å²) < 4.78 is 0. The van der Waals surface area contributed by atoms with Crippen LogP contribution in [0.5, 0.6) is 0 Å².